The smallest absolute Gasteiger partial charge is 0.240 e. The number of hydrogen-bond donors (Lipinski definition) is 3. The number of sulfonamides is 1. The molecule has 96 valence electrons. The van der Waals surface area contributed by atoms with Gasteiger partial charge in [-0.15, -0.1) is 11.8 Å². The van der Waals surface area contributed by atoms with Crippen LogP contribution in [0.5, 0.6) is 0 Å². The van der Waals surface area contributed by atoms with E-state index >= 15 is 0 Å². The summed E-state index contributed by atoms with van der Waals surface area (Å²) in [6.45, 7) is 2.05. The van der Waals surface area contributed by atoms with Crippen molar-refractivity contribution >= 4 is 27.5 Å². The van der Waals surface area contributed by atoms with Crippen molar-refractivity contribution in [3.63, 3.8) is 0 Å². The minimum atomic E-state index is -3.76. The average molecular weight is 276 g/mol. The maximum absolute atomic E-state index is 11.1. The van der Waals surface area contributed by atoms with Gasteiger partial charge in [0, 0.05) is 17.3 Å². The van der Waals surface area contributed by atoms with Gasteiger partial charge >= 0.3 is 0 Å². The molecule has 0 aliphatic carbocycles. The fraction of sp³-hybridized carbons (Fsp3) is 0.400. The fourth-order valence-corrected chi connectivity index (χ4v) is 2.77. The molecule has 1 unspecified atom stereocenters. The highest BCUT2D eigenvalue weighted by Crippen LogP contribution is 2.26. The molecule has 17 heavy (non-hydrogen) atoms. The normalized spacial score (nSPS) is 13.6. The van der Waals surface area contributed by atoms with E-state index in [2.05, 4.69) is 0 Å². The standard InChI is InChI=1S/C10H16N2O3S2/c1-7(5-13)6-16-8-2-3-10(9(11)4-8)17(12,14)15/h2-4,7,13H,5-6,11H2,1H3,(H2,12,14,15). The van der Waals surface area contributed by atoms with Crippen LogP contribution in [0.1, 0.15) is 6.92 Å². The van der Waals surface area contributed by atoms with E-state index in [1.165, 1.54) is 17.8 Å². The van der Waals surface area contributed by atoms with E-state index in [-0.39, 0.29) is 23.1 Å². The van der Waals surface area contributed by atoms with Gasteiger partial charge < -0.3 is 10.8 Å². The van der Waals surface area contributed by atoms with Crippen molar-refractivity contribution in [1.29, 1.82) is 0 Å². The first kappa shape index (κ1) is 14.3. The highest BCUT2D eigenvalue weighted by molar-refractivity contribution is 7.99. The lowest BCUT2D eigenvalue weighted by Crippen LogP contribution is -2.14. The van der Waals surface area contributed by atoms with Crippen LogP contribution in [-0.2, 0) is 10.0 Å². The Morgan fingerprint density at radius 3 is 2.59 bits per heavy atom. The molecule has 0 aliphatic heterocycles. The maximum Gasteiger partial charge on any atom is 0.240 e. The van der Waals surface area contributed by atoms with Crippen LogP contribution in [0, 0.1) is 5.92 Å². The first-order valence-corrected chi connectivity index (χ1v) is 7.53. The SMILES string of the molecule is CC(CO)CSc1ccc(S(N)(=O)=O)c(N)c1. The topological polar surface area (TPSA) is 106 Å². The minimum Gasteiger partial charge on any atom is -0.398 e. The van der Waals surface area contributed by atoms with Crippen LogP contribution < -0.4 is 10.9 Å². The Hall–Kier alpha value is -0.760. The minimum absolute atomic E-state index is 0.0583. The number of primary sulfonamides is 1. The summed E-state index contributed by atoms with van der Waals surface area (Å²) in [5.41, 5.74) is 5.77. The lowest BCUT2D eigenvalue weighted by atomic mass is 10.2. The maximum atomic E-state index is 11.1. The Bertz CT molecular complexity index is 488. The molecular weight excluding hydrogens is 260 g/mol. The van der Waals surface area contributed by atoms with Crippen LogP contribution in [0.3, 0.4) is 0 Å². The van der Waals surface area contributed by atoms with Gasteiger partial charge in [0.05, 0.1) is 5.69 Å². The molecule has 0 saturated heterocycles. The van der Waals surface area contributed by atoms with E-state index in [1.807, 2.05) is 6.92 Å². The summed E-state index contributed by atoms with van der Waals surface area (Å²) in [5.74, 6) is 0.920. The second-order valence-corrected chi connectivity index (χ2v) is 6.47. The summed E-state index contributed by atoms with van der Waals surface area (Å²) < 4.78 is 22.3. The molecular formula is C10H16N2O3S2. The summed E-state index contributed by atoms with van der Waals surface area (Å²) in [6.07, 6.45) is 0. The van der Waals surface area contributed by atoms with E-state index in [0.29, 0.717) is 0 Å². The summed E-state index contributed by atoms with van der Waals surface area (Å²) >= 11 is 1.51. The highest BCUT2D eigenvalue weighted by Gasteiger charge is 2.12. The molecule has 0 fully saturated rings. The second kappa shape index (κ2) is 5.72. The number of rotatable bonds is 5. The third kappa shape index (κ3) is 4.19. The van der Waals surface area contributed by atoms with Crippen LogP contribution in [0.2, 0.25) is 0 Å². The van der Waals surface area contributed by atoms with Crippen LogP contribution >= 0.6 is 11.8 Å². The zero-order valence-electron chi connectivity index (χ0n) is 9.46. The summed E-state index contributed by atoms with van der Waals surface area (Å²) in [7, 11) is -3.76. The summed E-state index contributed by atoms with van der Waals surface area (Å²) in [6, 6.07) is 4.63. The Kier molecular flexibility index (Phi) is 4.81. The summed E-state index contributed by atoms with van der Waals surface area (Å²) in [5, 5.41) is 13.9. The quantitative estimate of drug-likeness (QED) is 0.540. The predicted molar refractivity (Wildman–Crippen MR) is 69.2 cm³/mol. The van der Waals surface area contributed by atoms with Crippen molar-refractivity contribution < 1.29 is 13.5 Å². The van der Waals surface area contributed by atoms with Crippen molar-refractivity contribution in [2.24, 2.45) is 11.1 Å². The molecule has 1 atom stereocenters. The van der Waals surface area contributed by atoms with Gasteiger partial charge in [0.25, 0.3) is 0 Å². The van der Waals surface area contributed by atoms with Gasteiger partial charge in [0.1, 0.15) is 4.90 Å². The molecule has 5 N–H and O–H groups in total. The van der Waals surface area contributed by atoms with Crippen LogP contribution in [0.25, 0.3) is 0 Å². The monoisotopic (exact) mass is 276 g/mol. The molecule has 0 heterocycles. The Labute approximate surface area is 105 Å². The molecule has 1 aromatic rings. The largest absolute Gasteiger partial charge is 0.398 e. The third-order valence-corrected chi connectivity index (χ3v) is 4.44. The van der Waals surface area contributed by atoms with Gasteiger partial charge in [0.15, 0.2) is 0 Å². The molecule has 0 saturated carbocycles. The molecule has 0 aromatic heterocycles. The number of benzene rings is 1. The number of aliphatic hydroxyl groups is 1. The summed E-state index contributed by atoms with van der Waals surface area (Å²) in [4.78, 5) is 0.798. The van der Waals surface area contributed by atoms with Crippen LogP contribution in [0.15, 0.2) is 28.0 Å². The Balaban J connectivity index is 2.83. The van der Waals surface area contributed by atoms with E-state index in [0.717, 1.165) is 10.6 Å². The van der Waals surface area contributed by atoms with E-state index in [4.69, 9.17) is 16.0 Å². The number of aliphatic hydroxyl groups excluding tert-OH is 1. The lowest BCUT2D eigenvalue weighted by molar-refractivity contribution is 0.250. The van der Waals surface area contributed by atoms with Gasteiger partial charge in [-0.3, -0.25) is 0 Å². The van der Waals surface area contributed by atoms with E-state index < -0.39 is 10.0 Å². The van der Waals surface area contributed by atoms with Crippen molar-refractivity contribution in [2.75, 3.05) is 18.1 Å². The number of nitrogens with two attached hydrogens (primary N) is 2. The van der Waals surface area contributed by atoms with E-state index in [1.54, 1.807) is 12.1 Å². The van der Waals surface area contributed by atoms with Crippen molar-refractivity contribution in [3.8, 4) is 0 Å². The van der Waals surface area contributed by atoms with Crippen molar-refractivity contribution in [3.05, 3.63) is 18.2 Å². The lowest BCUT2D eigenvalue weighted by Gasteiger charge is -2.09. The number of hydrogen-bond acceptors (Lipinski definition) is 5. The van der Waals surface area contributed by atoms with Gasteiger partial charge in [-0.05, 0) is 24.1 Å². The number of anilines is 1. The second-order valence-electron chi connectivity index (χ2n) is 3.84. The van der Waals surface area contributed by atoms with Crippen LogP contribution in [-0.4, -0.2) is 25.9 Å². The molecule has 1 rings (SSSR count). The molecule has 0 spiro atoms. The molecule has 5 nitrogen and oxygen atoms in total. The Morgan fingerprint density at radius 2 is 2.12 bits per heavy atom. The average Bonchev–Trinajstić information content (AvgIpc) is 2.24. The zero-order valence-corrected chi connectivity index (χ0v) is 11.1. The number of thioether (sulfide) groups is 1. The number of nitrogen functional groups attached to an aromatic ring is 1. The molecule has 0 radical (unpaired) electrons. The predicted octanol–water partition coefficient (Wildman–Crippen LogP) is 0.637. The van der Waals surface area contributed by atoms with Crippen LogP contribution in [0.4, 0.5) is 5.69 Å². The first-order valence-electron chi connectivity index (χ1n) is 5.00. The molecule has 0 aliphatic rings. The Morgan fingerprint density at radius 1 is 1.47 bits per heavy atom. The van der Waals surface area contributed by atoms with Gasteiger partial charge in [0.2, 0.25) is 10.0 Å². The van der Waals surface area contributed by atoms with Gasteiger partial charge in [-0.25, -0.2) is 13.6 Å². The molecule has 0 amide bonds. The van der Waals surface area contributed by atoms with Gasteiger partial charge in [-0.1, -0.05) is 6.92 Å². The molecule has 7 heteroatoms. The molecule has 1 aromatic carbocycles. The first-order chi connectivity index (χ1) is 7.84. The fourth-order valence-electron chi connectivity index (χ4n) is 1.17. The van der Waals surface area contributed by atoms with Gasteiger partial charge in [-0.2, -0.15) is 0 Å². The van der Waals surface area contributed by atoms with E-state index in [9.17, 15) is 8.42 Å². The van der Waals surface area contributed by atoms with Crippen molar-refractivity contribution in [2.45, 2.75) is 16.7 Å². The highest BCUT2D eigenvalue weighted by atomic mass is 32.2. The zero-order chi connectivity index (χ0) is 13.1. The third-order valence-electron chi connectivity index (χ3n) is 2.13. The van der Waals surface area contributed by atoms with Crippen molar-refractivity contribution in [1.82, 2.24) is 0 Å². The molecule has 0 bridgehead atoms.